The fraction of sp³-hybridized carbons (Fsp3) is 0.875. The number of hydrogen-bond acceptors (Lipinski definition) is 2. The van der Waals surface area contributed by atoms with E-state index in [4.69, 9.17) is 0 Å². The second-order valence-corrected chi connectivity index (χ2v) is 6.76. The summed E-state index contributed by atoms with van der Waals surface area (Å²) >= 11 is 0. The van der Waals surface area contributed by atoms with Crippen LogP contribution in [0.3, 0.4) is 0 Å². The molecule has 2 rings (SSSR count). The van der Waals surface area contributed by atoms with Crippen LogP contribution in [0.25, 0.3) is 0 Å². The Labute approximate surface area is 122 Å². The number of carbonyl (C=O) groups excluding carboxylic acids is 2. The largest absolute Gasteiger partial charge is 0.344 e. The first-order valence-corrected chi connectivity index (χ1v) is 8.11. The fourth-order valence-corrected chi connectivity index (χ4v) is 3.87. The van der Waals surface area contributed by atoms with Crippen LogP contribution >= 0.6 is 0 Å². The highest BCUT2D eigenvalue weighted by molar-refractivity contribution is 5.90. The van der Waals surface area contributed by atoms with Crippen molar-refractivity contribution in [2.24, 2.45) is 11.8 Å². The summed E-state index contributed by atoms with van der Waals surface area (Å²) in [7, 11) is 0. The van der Waals surface area contributed by atoms with Crippen LogP contribution in [0.1, 0.15) is 59.3 Å². The smallest absolute Gasteiger partial charge is 0.245 e. The highest BCUT2D eigenvalue weighted by Gasteiger charge is 2.36. The first-order chi connectivity index (χ1) is 9.51. The van der Waals surface area contributed by atoms with Crippen molar-refractivity contribution >= 4 is 11.8 Å². The zero-order valence-corrected chi connectivity index (χ0v) is 13.0. The molecule has 1 aliphatic heterocycles. The van der Waals surface area contributed by atoms with Crippen LogP contribution in [0.15, 0.2) is 0 Å². The van der Waals surface area contributed by atoms with E-state index in [2.05, 4.69) is 26.1 Å². The number of nitrogens with one attached hydrogen (secondary N) is 1. The SMILES string of the molecule is CCCC1NC(=O)CCN(C2CC(C)CC(C)C2)C1=O. The van der Waals surface area contributed by atoms with Gasteiger partial charge < -0.3 is 10.2 Å². The first kappa shape index (κ1) is 15.3. The number of carbonyl (C=O) groups is 2. The van der Waals surface area contributed by atoms with Gasteiger partial charge in [0.25, 0.3) is 0 Å². The minimum absolute atomic E-state index is 0.0243. The van der Waals surface area contributed by atoms with Crippen molar-refractivity contribution in [2.45, 2.75) is 71.4 Å². The van der Waals surface area contributed by atoms with Crippen LogP contribution in [-0.2, 0) is 9.59 Å². The van der Waals surface area contributed by atoms with Crippen molar-refractivity contribution in [3.63, 3.8) is 0 Å². The molecule has 3 atom stereocenters. The van der Waals surface area contributed by atoms with Gasteiger partial charge in [0.15, 0.2) is 0 Å². The molecule has 0 aromatic carbocycles. The number of hydrogen-bond donors (Lipinski definition) is 1. The molecule has 1 saturated heterocycles. The molecule has 114 valence electrons. The Bertz CT molecular complexity index is 359. The highest BCUT2D eigenvalue weighted by Crippen LogP contribution is 2.32. The Hall–Kier alpha value is -1.06. The minimum atomic E-state index is -0.303. The summed E-state index contributed by atoms with van der Waals surface area (Å²) in [6.07, 6.45) is 5.55. The molecule has 0 bridgehead atoms. The summed E-state index contributed by atoms with van der Waals surface area (Å²) in [5.41, 5.74) is 0. The summed E-state index contributed by atoms with van der Waals surface area (Å²) < 4.78 is 0. The van der Waals surface area contributed by atoms with Crippen molar-refractivity contribution in [3.8, 4) is 0 Å². The lowest BCUT2D eigenvalue weighted by molar-refractivity contribution is -0.137. The Morgan fingerprint density at radius 2 is 1.80 bits per heavy atom. The summed E-state index contributed by atoms with van der Waals surface area (Å²) in [6, 6.07) is 0.0239. The quantitative estimate of drug-likeness (QED) is 0.862. The molecule has 4 heteroatoms. The summed E-state index contributed by atoms with van der Waals surface area (Å²) in [4.78, 5) is 26.5. The van der Waals surface area contributed by atoms with E-state index >= 15 is 0 Å². The van der Waals surface area contributed by atoms with E-state index in [-0.39, 0.29) is 17.9 Å². The van der Waals surface area contributed by atoms with Crippen molar-refractivity contribution in [1.82, 2.24) is 10.2 Å². The van der Waals surface area contributed by atoms with E-state index in [0.29, 0.717) is 30.8 Å². The predicted molar refractivity (Wildman–Crippen MR) is 79.1 cm³/mol. The molecule has 2 amide bonds. The average molecular weight is 280 g/mol. The molecule has 2 aliphatic rings. The molecule has 2 fully saturated rings. The maximum atomic E-state index is 12.7. The molecule has 4 nitrogen and oxygen atoms in total. The molecule has 0 aromatic rings. The third-order valence-corrected chi connectivity index (χ3v) is 4.67. The summed E-state index contributed by atoms with van der Waals surface area (Å²) in [6.45, 7) is 7.20. The normalized spacial score (nSPS) is 35.6. The molecular weight excluding hydrogens is 252 g/mol. The zero-order valence-electron chi connectivity index (χ0n) is 13.0. The van der Waals surface area contributed by atoms with Gasteiger partial charge in [0, 0.05) is 19.0 Å². The van der Waals surface area contributed by atoms with Crippen LogP contribution in [0.2, 0.25) is 0 Å². The molecule has 0 aromatic heterocycles. The molecule has 3 unspecified atom stereocenters. The highest BCUT2D eigenvalue weighted by atomic mass is 16.2. The lowest BCUT2D eigenvalue weighted by Crippen LogP contribution is -2.50. The maximum absolute atomic E-state index is 12.7. The second-order valence-electron chi connectivity index (χ2n) is 6.76. The van der Waals surface area contributed by atoms with Crippen LogP contribution in [-0.4, -0.2) is 35.3 Å². The van der Waals surface area contributed by atoms with E-state index in [1.54, 1.807) is 0 Å². The average Bonchev–Trinajstić information content (AvgIpc) is 2.49. The Kier molecular flexibility index (Phi) is 5.06. The fourth-order valence-electron chi connectivity index (χ4n) is 3.87. The van der Waals surface area contributed by atoms with E-state index < -0.39 is 0 Å². The third kappa shape index (κ3) is 3.53. The molecule has 0 spiro atoms. The van der Waals surface area contributed by atoms with Crippen LogP contribution in [0.4, 0.5) is 0 Å². The van der Waals surface area contributed by atoms with E-state index in [9.17, 15) is 9.59 Å². The number of rotatable bonds is 3. The van der Waals surface area contributed by atoms with Gasteiger partial charge in [-0.15, -0.1) is 0 Å². The molecule has 20 heavy (non-hydrogen) atoms. The van der Waals surface area contributed by atoms with E-state index in [1.165, 1.54) is 6.42 Å². The monoisotopic (exact) mass is 280 g/mol. The van der Waals surface area contributed by atoms with Gasteiger partial charge in [0.05, 0.1) is 0 Å². The minimum Gasteiger partial charge on any atom is -0.344 e. The van der Waals surface area contributed by atoms with Crippen LogP contribution in [0, 0.1) is 11.8 Å². The van der Waals surface area contributed by atoms with Crippen molar-refractivity contribution in [1.29, 1.82) is 0 Å². The molecular formula is C16H28N2O2. The standard InChI is InChI=1S/C16H28N2O2/c1-4-5-14-16(20)18(7-6-15(19)17-14)13-9-11(2)8-12(3)10-13/h11-14H,4-10H2,1-3H3,(H,17,19). The molecule has 1 saturated carbocycles. The summed E-state index contributed by atoms with van der Waals surface area (Å²) in [5.74, 6) is 1.52. The van der Waals surface area contributed by atoms with Gasteiger partial charge in [-0.25, -0.2) is 0 Å². The maximum Gasteiger partial charge on any atom is 0.245 e. The Morgan fingerprint density at radius 1 is 1.15 bits per heavy atom. The van der Waals surface area contributed by atoms with Crippen LogP contribution in [0.5, 0.6) is 0 Å². The number of nitrogens with zero attached hydrogens (tertiary/aromatic N) is 1. The van der Waals surface area contributed by atoms with Gasteiger partial charge in [0.1, 0.15) is 6.04 Å². The van der Waals surface area contributed by atoms with Crippen molar-refractivity contribution < 1.29 is 9.59 Å². The second kappa shape index (κ2) is 6.59. The lowest BCUT2D eigenvalue weighted by atomic mass is 9.79. The molecule has 0 radical (unpaired) electrons. The van der Waals surface area contributed by atoms with Gasteiger partial charge in [-0.05, 0) is 37.5 Å². The topological polar surface area (TPSA) is 49.4 Å². The predicted octanol–water partition coefficient (Wildman–Crippen LogP) is 2.33. The molecule has 1 N–H and O–H groups in total. The Morgan fingerprint density at radius 3 is 2.40 bits per heavy atom. The van der Waals surface area contributed by atoms with Crippen LogP contribution < -0.4 is 5.32 Å². The lowest BCUT2D eigenvalue weighted by Gasteiger charge is -2.39. The summed E-state index contributed by atoms with van der Waals surface area (Å²) in [5, 5.41) is 2.89. The van der Waals surface area contributed by atoms with Gasteiger partial charge in [-0.2, -0.15) is 0 Å². The van der Waals surface area contributed by atoms with Gasteiger partial charge in [0.2, 0.25) is 11.8 Å². The zero-order chi connectivity index (χ0) is 14.7. The Balaban J connectivity index is 2.11. The number of amides is 2. The van der Waals surface area contributed by atoms with Gasteiger partial charge in [-0.3, -0.25) is 9.59 Å². The van der Waals surface area contributed by atoms with E-state index in [0.717, 1.165) is 25.7 Å². The van der Waals surface area contributed by atoms with E-state index in [1.807, 2.05) is 4.90 Å². The molecule has 1 heterocycles. The first-order valence-electron chi connectivity index (χ1n) is 8.11. The van der Waals surface area contributed by atoms with Crippen molar-refractivity contribution in [2.75, 3.05) is 6.54 Å². The van der Waals surface area contributed by atoms with Gasteiger partial charge in [-0.1, -0.05) is 27.2 Å². The molecule has 1 aliphatic carbocycles. The van der Waals surface area contributed by atoms with Crippen molar-refractivity contribution in [3.05, 3.63) is 0 Å². The van der Waals surface area contributed by atoms with Gasteiger partial charge >= 0.3 is 0 Å². The third-order valence-electron chi connectivity index (χ3n) is 4.67.